The minimum Gasteiger partial charge on any atom is -0.248 e. The Balaban J connectivity index is 3.02. The van der Waals surface area contributed by atoms with Crippen LogP contribution in [0.1, 0.15) is 27.9 Å². The van der Waals surface area contributed by atoms with Gasteiger partial charge < -0.3 is 0 Å². The minimum atomic E-state index is 0.839. The summed E-state index contributed by atoms with van der Waals surface area (Å²) in [5.41, 5.74) is 8.08. The zero-order valence-corrected chi connectivity index (χ0v) is 11.9. The van der Waals surface area contributed by atoms with E-state index in [4.69, 9.17) is 0 Å². The Morgan fingerprint density at radius 1 is 0.688 bits per heavy atom. The third kappa shape index (κ3) is 1.54. The normalized spacial score (nSPS) is 11.1. The van der Waals surface area contributed by atoms with Crippen LogP contribution in [0.4, 0.5) is 0 Å². The smallest absolute Gasteiger partial charge is 0.128 e. The highest BCUT2D eigenvalue weighted by Gasteiger charge is 2.12. The average Bonchev–Trinajstić information content (AvgIpc) is 2.26. The number of fused-ring (bicyclic) bond motifs is 1. The number of halogens is 1. The Kier molecular flexibility index (Phi) is 2.74. The van der Waals surface area contributed by atoms with E-state index >= 15 is 0 Å². The maximum atomic E-state index is 4.63. The van der Waals surface area contributed by atoms with E-state index in [9.17, 15) is 0 Å². The second-order valence-electron chi connectivity index (χ2n) is 4.30. The Morgan fingerprint density at radius 3 is 1.62 bits per heavy atom. The van der Waals surface area contributed by atoms with Crippen LogP contribution >= 0.6 is 15.9 Å². The lowest BCUT2D eigenvalue weighted by atomic mass is 9.97. The van der Waals surface area contributed by atoms with E-state index in [1.165, 1.54) is 22.3 Å². The molecule has 0 aliphatic heterocycles. The molecule has 0 saturated carbocycles. The third-order valence-electron chi connectivity index (χ3n) is 3.41. The number of hydrogen-bond acceptors (Lipinski definition) is 2. The van der Waals surface area contributed by atoms with Gasteiger partial charge in [0.1, 0.15) is 4.60 Å². The van der Waals surface area contributed by atoms with Crippen molar-refractivity contribution in [1.29, 1.82) is 0 Å². The number of nitrogens with zero attached hydrogens (tertiary/aromatic N) is 2. The van der Waals surface area contributed by atoms with Crippen molar-refractivity contribution in [1.82, 2.24) is 9.97 Å². The van der Waals surface area contributed by atoms with Crippen LogP contribution in [0.5, 0.6) is 0 Å². The first kappa shape index (κ1) is 11.5. The van der Waals surface area contributed by atoms with Gasteiger partial charge in [0.25, 0.3) is 0 Å². The van der Waals surface area contributed by atoms with Gasteiger partial charge in [-0.15, -0.1) is 0 Å². The number of aromatic nitrogens is 2. The summed E-state index contributed by atoms with van der Waals surface area (Å²) < 4.78 is 0.839. The van der Waals surface area contributed by atoms with E-state index in [2.05, 4.69) is 53.6 Å². The first-order valence-electron chi connectivity index (χ1n) is 5.33. The topological polar surface area (TPSA) is 25.8 Å². The molecule has 3 heteroatoms. The summed E-state index contributed by atoms with van der Waals surface area (Å²) in [4.78, 5) is 9.22. The van der Waals surface area contributed by atoms with Crippen LogP contribution in [-0.4, -0.2) is 9.97 Å². The number of benzene rings is 1. The fraction of sp³-hybridized carbons (Fsp3) is 0.385. The zero-order valence-electron chi connectivity index (χ0n) is 10.3. The molecule has 2 aromatic rings. The maximum absolute atomic E-state index is 4.63. The van der Waals surface area contributed by atoms with Gasteiger partial charge in [0.2, 0.25) is 0 Å². The van der Waals surface area contributed by atoms with E-state index in [1.54, 1.807) is 0 Å². The molecule has 0 aliphatic carbocycles. The molecular weight excluding hydrogens is 264 g/mol. The molecule has 0 spiro atoms. The lowest BCUT2D eigenvalue weighted by Crippen LogP contribution is -2.00. The summed E-state index contributed by atoms with van der Waals surface area (Å²) >= 11 is 3.44. The predicted octanol–water partition coefficient (Wildman–Crippen LogP) is 3.93. The summed E-state index contributed by atoms with van der Waals surface area (Å²) in [6.45, 7) is 10.5. The van der Waals surface area contributed by atoms with Crippen molar-refractivity contribution in [2.75, 3.05) is 0 Å². The summed E-state index contributed by atoms with van der Waals surface area (Å²) in [5.74, 6) is 0. The van der Waals surface area contributed by atoms with E-state index < -0.39 is 0 Å². The van der Waals surface area contributed by atoms with E-state index in [0.29, 0.717) is 0 Å². The van der Waals surface area contributed by atoms with E-state index in [1.807, 2.05) is 6.92 Å². The summed E-state index contributed by atoms with van der Waals surface area (Å²) in [7, 11) is 0. The van der Waals surface area contributed by atoms with Gasteiger partial charge in [-0.05, 0) is 72.8 Å². The molecule has 1 aromatic carbocycles. The Morgan fingerprint density at radius 2 is 1.12 bits per heavy atom. The largest absolute Gasteiger partial charge is 0.248 e. The van der Waals surface area contributed by atoms with Crippen molar-refractivity contribution >= 4 is 27.0 Å². The second kappa shape index (κ2) is 3.81. The van der Waals surface area contributed by atoms with Crippen LogP contribution < -0.4 is 0 Å². The monoisotopic (exact) mass is 278 g/mol. The molecule has 0 atom stereocenters. The Bertz CT molecular complexity index is 536. The third-order valence-corrected chi connectivity index (χ3v) is 4.16. The lowest BCUT2D eigenvalue weighted by Gasteiger charge is -2.13. The molecule has 2 rings (SSSR count). The molecule has 0 radical (unpaired) electrons. The highest BCUT2D eigenvalue weighted by atomic mass is 79.9. The molecule has 0 bridgehead atoms. The van der Waals surface area contributed by atoms with Crippen LogP contribution in [0.15, 0.2) is 4.60 Å². The van der Waals surface area contributed by atoms with Crippen molar-refractivity contribution in [3.63, 3.8) is 0 Å². The quantitative estimate of drug-likeness (QED) is 0.730. The number of hydrogen-bond donors (Lipinski definition) is 0. The van der Waals surface area contributed by atoms with Crippen molar-refractivity contribution in [2.45, 2.75) is 34.6 Å². The molecule has 0 N–H and O–H groups in total. The van der Waals surface area contributed by atoms with Gasteiger partial charge in [0.15, 0.2) is 0 Å². The fourth-order valence-corrected chi connectivity index (χ4v) is 2.21. The second-order valence-corrected chi connectivity index (χ2v) is 5.05. The van der Waals surface area contributed by atoms with E-state index in [-0.39, 0.29) is 0 Å². The first-order chi connectivity index (χ1) is 7.43. The standard InChI is InChI=1S/C13H15BrN2/c1-6-7(2)9(4)12-11(8(6)3)15-10(5)13(14)16-12/h1-5H3. The molecule has 1 heterocycles. The summed E-state index contributed by atoms with van der Waals surface area (Å²) in [6.07, 6.45) is 0. The fourth-order valence-electron chi connectivity index (χ4n) is 1.94. The summed E-state index contributed by atoms with van der Waals surface area (Å²) in [6, 6.07) is 0. The highest BCUT2D eigenvalue weighted by Crippen LogP contribution is 2.28. The van der Waals surface area contributed by atoms with Gasteiger partial charge in [0, 0.05) is 0 Å². The van der Waals surface area contributed by atoms with Gasteiger partial charge in [0.05, 0.1) is 16.7 Å². The predicted molar refractivity (Wildman–Crippen MR) is 70.9 cm³/mol. The van der Waals surface area contributed by atoms with Crippen LogP contribution in [0, 0.1) is 34.6 Å². The molecule has 84 valence electrons. The van der Waals surface area contributed by atoms with Gasteiger partial charge in [-0.25, -0.2) is 9.97 Å². The van der Waals surface area contributed by atoms with Gasteiger partial charge in [-0.3, -0.25) is 0 Å². The SMILES string of the molecule is Cc1nc2c(C)c(C)c(C)c(C)c2nc1Br. The van der Waals surface area contributed by atoms with E-state index in [0.717, 1.165) is 21.3 Å². The number of aryl methyl sites for hydroxylation is 3. The van der Waals surface area contributed by atoms with Crippen LogP contribution in [0.2, 0.25) is 0 Å². The van der Waals surface area contributed by atoms with Crippen LogP contribution in [-0.2, 0) is 0 Å². The van der Waals surface area contributed by atoms with Gasteiger partial charge in [-0.2, -0.15) is 0 Å². The molecule has 1 aromatic heterocycles. The summed E-state index contributed by atoms with van der Waals surface area (Å²) in [5, 5.41) is 0. The minimum absolute atomic E-state index is 0.839. The Labute approximate surface area is 104 Å². The van der Waals surface area contributed by atoms with Crippen LogP contribution in [0.3, 0.4) is 0 Å². The van der Waals surface area contributed by atoms with Crippen LogP contribution in [0.25, 0.3) is 11.0 Å². The molecular formula is C13H15BrN2. The first-order valence-corrected chi connectivity index (χ1v) is 6.13. The van der Waals surface area contributed by atoms with Crippen molar-refractivity contribution in [3.8, 4) is 0 Å². The molecule has 0 aliphatic rings. The molecule has 2 nitrogen and oxygen atoms in total. The average molecular weight is 279 g/mol. The Hall–Kier alpha value is -0.960. The maximum Gasteiger partial charge on any atom is 0.128 e. The lowest BCUT2D eigenvalue weighted by molar-refractivity contribution is 1.11. The van der Waals surface area contributed by atoms with Crippen molar-refractivity contribution in [3.05, 3.63) is 32.6 Å². The number of rotatable bonds is 0. The van der Waals surface area contributed by atoms with Gasteiger partial charge >= 0.3 is 0 Å². The van der Waals surface area contributed by atoms with Crippen molar-refractivity contribution in [2.24, 2.45) is 0 Å². The zero-order chi connectivity index (χ0) is 12.0. The van der Waals surface area contributed by atoms with Gasteiger partial charge in [-0.1, -0.05) is 0 Å². The molecule has 0 saturated heterocycles. The molecule has 0 amide bonds. The molecule has 0 unspecified atom stereocenters. The van der Waals surface area contributed by atoms with Crippen molar-refractivity contribution < 1.29 is 0 Å². The molecule has 0 fully saturated rings. The highest BCUT2D eigenvalue weighted by molar-refractivity contribution is 9.10. The molecule has 16 heavy (non-hydrogen) atoms.